The molecule has 24 nitrogen and oxygen atoms in total. The largest absolute Gasteiger partial charge is 0.492 e. The summed E-state index contributed by atoms with van der Waals surface area (Å²) < 4.78 is 41.2. The van der Waals surface area contributed by atoms with E-state index in [-0.39, 0.29) is 48.6 Å². The molecule has 2 atom stereocenters. The third-order valence-electron chi connectivity index (χ3n) is 12.3. The van der Waals surface area contributed by atoms with Crippen LogP contribution in [0, 0.1) is 6.92 Å². The minimum absolute atomic E-state index is 0.0245. The van der Waals surface area contributed by atoms with Crippen molar-refractivity contribution in [2.24, 2.45) is 5.73 Å². The van der Waals surface area contributed by atoms with Crippen molar-refractivity contribution in [3.8, 4) is 5.75 Å². The van der Waals surface area contributed by atoms with E-state index in [1.165, 1.54) is 57.7 Å². The van der Waals surface area contributed by atoms with Gasteiger partial charge in [0.05, 0.1) is 23.5 Å². The molecule has 3 aromatic carbocycles. The number of amides is 7. The maximum Gasteiger partial charge on any atom is 0.409 e. The average Bonchev–Trinajstić information content (AvgIpc) is 4.11. The Morgan fingerprint density at radius 1 is 0.908 bits per heavy atom. The summed E-state index contributed by atoms with van der Waals surface area (Å²) in [6.07, 6.45) is 3.66. The number of nitrogens with zero attached hydrogens (tertiary/aromatic N) is 7. The van der Waals surface area contributed by atoms with E-state index in [1.807, 2.05) is 24.3 Å². The highest BCUT2D eigenvalue weighted by Gasteiger charge is 2.38. The highest BCUT2D eigenvalue weighted by molar-refractivity contribution is 7.89. The molecule has 6 rings (SSSR count). The molecule has 3 heterocycles. The summed E-state index contributed by atoms with van der Waals surface area (Å²) in [4.78, 5) is 94.4. The summed E-state index contributed by atoms with van der Waals surface area (Å²) >= 11 is 0. The van der Waals surface area contributed by atoms with Gasteiger partial charge in [-0.2, -0.15) is 10.5 Å². The first-order valence-corrected chi connectivity index (χ1v) is 26.4. The number of hydrogen-bond acceptors (Lipinski definition) is 16. The Morgan fingerprint density at radius 3 is 2.26 bits per heavy atom. The van der Waals surface area contributed by atoms with Gasteiger partial charge >= 0.3 is 12.1 Å². The summed E-state index contributed by atoms with van der Waals surface area (Å²) in [5.41, 5.74) is 8.52. The molecule has 4 aromatic rings. The van der Waals surface area contributed by atoms with Gasteiger partial charge in [-0.25, -0.2) is 32.6 Å². The fourth-order valence-electron chi connectivity index (χ4n) is 8.34. The molecule has 2 fully saturated rings. The summed E-state index contributed by atoms with van der Waals surface area (Å²) in [6, 6.07) is 17.0. The van der Waals surface area contributed by atoms with Crippen molar-refractivity contribution in [3.05, 3.63) is 90.1 Å². The number of likely N-dealkylation sites (N-methyl/N-ethyl adjacent to an activating group) is 2. The molecule has 2 saturated heterocycles. The molecule has 2 unspecified atom stereocenters. The number of rotatable bonds is 23. The number of carbonyl (C=O) groups is 6. The maximum absolute atomic E-state index is 14.6. The molecular weight excluding hydrogens is 1000 g/mol. The van der Waals surface area contributed by atoms with Gasteiger partial charge in [0, 0.05) is 68.9 Å². The molecule has 2 aliphatic heterocycles. The lowest BCUT2D eigenvalue weighted by Gasteiger charge is -2.30. The number of sulfonamides is 1. The Morgan fingerprint density at radius 2 is 1.59 bits per heavy atom. The van der Waals surface area contributed by atoms with Gasteiger partial charge in [-0.05, 0) is 127 Å². The lowest BCUT2D eigenvalue weighted by atomic mass is 10.1. The zero-order chi connectivity index (χ0) is 55.2. The van der Waals surface area contributed by atoms with Gasteiger partial charge < -0.3 is 51.1 Å². The van der Waals surface area contributed by atoms with E-state index in [0.29, 0.717) is 47.7 Å². The Bertz CT molecular complexity index is 2790. The molecule has 410 valence electrons. The van der Waals surface area contributed by atoms with E-state index in [0.717, 1.165) is 19.6 Å². The number of likely N-dealkylation sites (tertiary alicyclic amines) is 2. The van der Waals surface area contributed by atoms with Crippen LogP contribution in [0.5, 0.6) is 5.75 Å². The molecule has 0 aliphatic carbocycles. The van der Waals surface area contributed by atoms with Crippen molar-refractivity contribution in [1.82, 2.24) is 45.1 Å². The van der Waals surface area contributed by atoms with Crippen LogP contribution in [0.4, 0.5) is 38.4 Å². The van der Waals surface area contributed by atoms with Gasteiger partial charge in [-0.15, -0.1) is 0 Å². The summed E-state index contributed by atoms with van der Waals surface area (Å²) in [7, 11) is -0.966. The molecule has 2 aliphatic rings. The third kappa shape index (κ3) is 16.5. The number of nitrogens with two attached hydrogens (primary N) is 1. The molecular formula is C51H69N13O11S. The normalized spacial score (nSPS) is 15.1. The van der Waals surface area contributed by atoms with Crippen LogP contribution in [-0.4, -0.2) is 163 Å². The van der Waals surface area contributed by atoms with Gasteiger partial charge in [0.25, 0.3) is 0 Å². The summed E-state index contributed by atoms with van der Waals surface area (Å²) in [6.45, 7) is 10.3. The SMILES string of the molecule is Cc1cnc(Nc2ccc(OCCN3CCCC3)cc2)nc1N(C(=O)N(C)CCN(C)C(=O)OCc1ccc(NC(=O)CNC(=O)C2CCCN2C(=O)C(CC(N)=O)NO)cc1)c1cccc(S(=O)(=O)NC(C)(C)C)c1. The highest BCUT2D eigenvalue weighted by Crippen LogP contribution is 2.32. The molecule has 25 heteroatoms. The van der Waals surface area contributed by atoms with Gasteiger partial charge in [0.1, 0.15) is 36.9 Å². The first kappa shape index (κ1) is 57.8. The van der Waals surface area contributed by atoms with Crippen LogP contribution in [0.1, 0.15) is 64.0 Å². The van der Waals surface area contributed by atoms with Gasteiger partial charge in [0.15, 0.2) is 0 Å². The molecule has 7 amide bonds. The number of anilines is 5. The van der Waals surface area contributed by atoms with Gasteiger partial charge in [-0.3, -0.25) is 24.1 Å². The first-order valence-electron chi connectivity index (χ1n) is 24.9. The first-order chi connectivity index (χ1) is 36.1. The van der Waals surface area contributed by atoms with E-state index < -0.39 is 76.4 Å². The monoisotopic (exact) mass is 1070 g/mol. The second-order valence-corrected chi connectivity index (χ2v) is 21.3. The summed E-state index contributed by atoms with van der Waals surface area (Å²) in [5.74, 6) is -1.53. The van der Waals surface area contributed by atoms with E-state index in [1.54, 1.807) is 76.8 Å². The molecule has 0 radical (unpaired) electrons. The Balaban J connectivity index is 1.05. The van der Waals surface area contributed by atoms with E-state index >= 15 is 0 Å². The molecule has 0 saturated carbocycles. The number of primary amides is 1. The number of ether oxygens (including phenoxy) is 2. The van der Waals surface area contributed by atoms with Crippen molar-refractivity contribution >= 4 is 74.6 Å². The maximum atomic E-state index is 14.6. The molecule has 8 N–H and O–H groups in total. The lowest BCUT2D eigenvalue weighted by Crippen LogP contribution is -2.53. The van der Waals surface area contributed by atoms with Crippen LogP contribution in [0.25, 0.3) is 0 Å². The van der Waals surface area contributed by atoms with Crippen molar-refractivity contribution in [2.45, 2.75) is 88.9 Å². The second kappa shape index (κ2) is 26.4. The number of benzene rings is 3. The van der Waals surface area contributed by atoms with Crippen molar-refractivity contribution < 1.29 is 51.9 Å². The number of aryl methyl sites for hydroxylation is 1. The fraction of sp³-hybridized carbons (Fsp3) is 0.451. The van der Waals surface area contributed by atoms with Crippen molar-refractivity contribution in [2.75, 3.05) is 82.0 Å². The predicted octanol–water partition coefficient (Wildman–Crippen LogP) is 3.81. The van der Waals surface area contributed by atoms with Crippen molar-refractivity contribution in [3.63, 3.8) is 0 Å². The lowest BCUT2D eigenvalue weighted by molar-refractivity contribution is -0.143. The number of nitrogens with one attached hydrogen (secondary N) is 5. The highest BCUT2D eigenvalue weighted by atomic mass is 32.2. The average molecular weight is 1070 g/mol. The number of aromatic nitrogens is 2. The number of hydroxylamine groups is 1. The fourth-order valence-corrected chi connectivity index (χ4v) is 9.79. The smallest absolute Gasteiger partial charge is 0.409 e. The third-order valence-corrected chi connectivity index (χ3v) is 14.0. The standard InChI is InChI=1S/C51H69N13O11S/c1-34-31-54-48(56-37-18-20-39(21-19-37)74-28-27-62-22-7-8-23-62)57-45(34)64(38-11-9-12-40(29-38)76(72,73)59-51(2,3)4)49(69)60(5)25-26-61(6)50(70)75-33-35-14-16-36(17-15-35)55-44(66)32-53-46(67)42-13-10-24-63(42)47(68)41(58-71)30-43(52)65/h9,11-12,14-21,29,31,41-42,58-59,71H,7-8,10,13,22-28,30,32-33H2,1-6H3,(H2,52,65)(H,53,67)(H,55,66)(H,54,56,57). The molecule has 76 heavy (non-hydrogen) atoms. The quantitative estimate of drug-likeness (QED) is 0.0520. The van der Waals surface area contributed by atoms with Gasteiger partial charge in [-0.1, -0.05) is 18.2 Å². The molecule has 0 spiro atoms. The number of carbonyl (C=O) groups excluding carboxylic acids is 6. The van der Waals surface area contributed by atoms with Crippen LogP contribution in [0.2, 0.25) is 0 Å². The van der Waals surface area contributed by atoms with Crippen LogP contribution in [-0.2, 0) is 40.5 Å². The zero-order valence-corrected chi connectivity index (χ0v) is 44.5. The molecule has 0 bridgehead atoms. The Kier molecular flexibility index (Phi) is 20.0. The van der Waals surface area contributed by atoms with E-state index in [9.17, 15) is 42.4 Å². The zero-order valence-electron chi connectivity index (χ0n) is 43.7. The minimum Gasteiger partial charge on any atom is -0.492 e. The topological polar surface area (TPSA) is 303 Å². The van der Waals surface area contributed by atoms with E-state index in [2.05, 4.69) is 30.6 Å². The Hall–Kier alpha value is -7.45. The number of urea groups is 1. The summed E-state index contributed by atoms with van der Waals surface area (Å²) in [5, 5.41) is 17.7. The molecule has 1 aromatic heterocycles. The van der Waals surface area contributed by atoms with Crippen LogP contribution in [0.15, 0.2) is 83.9 Å². The predicted molar refractivity (Wildman–Crippen MR) is 282 cm³/mol. The number of hydrogen-bond donors (Lipinski definition) is 7. The Labute approximate surface area is 442 Å². The van der Waals surface area contributed by atoms with Crippen LogP contribution < -0.4 is 41.5 Å². The minimum atomic E-state index is -4.03. The van der Waals surface area contributed by atoms with Crippen molar-refractivity contribution in [1.29, 1.82) is 0 Å². The van der Waals surface area contributed by atoms with Crippen LogP contribution in [0.3, 0.4) is 0 Å². The van der Waals surface area contributed by atoms with Gasteiger partial charge in [0.2, 0.25) is 39.6 Å². The van der Waals surface area contributed by atoms with Crippen LogP contribution >= 0.6 is 0 Å². The second-order valence-electron chi connectivity index (χ2n) is 19.6. The van der Waals surface area contributed by atoms with E-state index in [4.69, 9.17) is 20.2 Å².